The molecule has 6 nitrogen and oxygen atoms in total. The van der Waals surface area contributed by atoms with Crippen molar-refractivity contribution in [2.24, 2.45) is 10.9 Å². The molecule has 176 valence electrons. The number of guanidine groups is 1. The number of hydrogen-bond acceptors (Lipinski definition) is 4. The van der Waals surface area contributed by atoms with Crippen LogP contribution in [-0.2, 0) is 22.6 Å². The molecule has 0 amide bonds. The van der Waals surface area contributed by atoms with Gasteiger partial charge in [-0.15, -0.1) is 24.0 Å². The van der Waals surface area contributed by atoms with Gasteiger partial charge in [0.25, 0.3) is 0 Å². The lowest BCUT2D eigenvalue weighted by Gasteiger charge is -2.22. The van der Waals surface area contributed by atoms with Gasteiger partial charge in [0.15, 0.2) is 5.96 Å². The minimum atomic E-state index is 0. The molecule has 0 spiro atoms. The molecule has 2 fully saturated rings. The van der Waals surface area contributed by atoms with Crippen LogP contribution in [0.1, 0.15) is 43.2 Å². The van der Waals surface area contributed by atoms with Gasteiger partial charge >= 0.3 is 0 Å². The van der Waals surface area contributed by atoms with Crippen molar-refractivity contribution in [3.8, 4) is 0 Å². The lowest BCUT2D eigenvalue weighted by Crippen LogP contribution is -2.39. The second-order valence-corrected chi connectivity index (χ2v) is 8.58. The quantitative estimate of drug-likeness (QED) is 0.222. The average Bonchev–Trinajstić information content (AvgIpc) is 3.08. The number of halogens is 1. The second-order valence-electron chi connectivity index (χ2n) is 8.58. The fourth-order valence-electron chi connectivity index (χ4n) is 4.46. The van der Waals surface area contributed by atoms with E-state index in [0.29, 0.717) is 19.1 Å². The molecule has 2 saturated heterocycles. The van der Waals surface area contributed by atoms with E-state index in [0.717, 1.165) is 45.2 Å². The van der Waals surface area contributed by atoms with Crippen LogP contribution < -0.4 is 5.32 Å². The summed E-state index contributed by atoms with van der Waals surface area (Å²) in [5.74, 6) is 1.56. The van der Waals surface area contributed by atoms with Crippen LogP contribution in [0.3, 0.4) is 0 Å². The van der Waals surface area contributed by atoms with Crippen molar-refractivity contribution in [1.29, 1.82) is 0 Å². The number of likely N-dealkylation sites (tertiary alicyclic amines) is 2. The first-order valence-electron chi connectivity index (χ1n) is 11.6. The maximum Gasteiger partial charge on any atom is 0.193 e. The van der Waals surface area contributed by atoms with E-state index in [1.54, 1.807) is 7.11 Å². The van der Waals surface area contributed by atoms with E-state index >= 15 is 0 Å². The normalized spacial score (nSPS) is 20.4. The summed E-state index contributed by atoms with van der Waals surface area (Å²) in [7, 11) is 3.58. The molecule has 3 rings (SSSR count). The number of benzene rings is 1. The largest absolute Gasteiger partial charge is 0.382 e. The van der Waals surface area contributed by atoms with Gasteiger partial charge in [0, 0.05) is 46.3 Å². The summed E-state index contributed by atoms with van der Waals surface area (Å²) in [5, 5.41) is 3.57. The molecule has 2 aliphatic rings. The molecule has 1 atom stereocenters. The van der Waals surface area contributed by atoms with Gasteiger partial charge in [-0.3, -0.25) is 9.89 Å². The molecule has 1 N–H and O–H groups in total. The van der Waals surface area contributed by atoms with E-state index in [9.17, 15) is 0 Å². The second kappa shape index (κ2) is 15.0. The smallest absolute Gasteiger partial charge is 0.193 e. The van der Waals surface area contributed by atoms with Gasteiger partial charge < -0.3 is 19.7 Å². The predicted octanol–water partition coefficient (Wildman–Crippen LogP) is 3.74. The van der Waals surface area contributed by atoms with Crippen molar-refractivity contribution in [2.45, 2.75) is 45.2 Å². The highest BCUT2D eigenvalue weighted by Gasteiger charge is 2.24. The maximum atomic E-state index is 5.72. The van der Waals surface area contributed by atoms with Gasteiger partial charge in [0.1, 0.15) is 0 Å². The Morgan fingerprint density at radius 3 is 2.61 bits per heavy atom. The highest BCUT2D eigenvalue weighted by atomic mass is 127. The van der Waals surface area contributed by atoms with Gasteiger partial charge in [0.2, 0.25) is 0 Å². The number of nitrogens with one attached hydrogen (secondary N) is 1. The van der Waals surface area contributed by atoms with E-state index in [2.05, 4.69) is 44.4 Å². The molecule has 0 aromatic heterocycles. The fourth-order valence-corrected chi connectivity index (χ4v) is 4.46. The third kappa shape index (κ3) is 9.24. The highest BCUT2D eigenvalue weighted by molar-refractivity contribution is 14.0. The molecule has 0 saturated carbocycles. The highest BCUT2D eigenvalue weighted by Crippen LogP contribution is 2.17. The summed E-state index contributed by atoms with van der Waals surface area (Å²) in [4.78, 5) is 9.48. The van der Waals surface area contributed by atoms with Crippen LogP contribution in [0, 0.1) is 5.92 Å². The zero-order chi connectivity index (χ0) is 21.0. The van der Waals surface area contributed by atoms with E-state index in [1.807, 2.05) is 7.05 Å². The first kappa shape index (κ1) is 26.4. The third-order valence-corrected chi connectivity index (χ3v) is 6.13. The molecule has 7 heteroatoms. The van der Waals surface area contributed by atoms with Crippen molar-refractivity contribution in [2.75, 3.05) is 60.2 Å². The molecule has 2 heterocycles. The Labute approximate surface area is 205 Å². The van der Waals surface area contributed by atoms with Gasteiger partial charge in [-0.05, 0) is 43.5 Å². The Morgan fingerprint density at radius 2 is 1.87 bits per heavy atom. The summed E-state index contributed by atoms with van der Waals surface area (Å²) in [6.07, 6.45) is 6.60. The molecule has 1 aromatic rings. The Balaban J connectivity index is 0.00000341. The number of hydrogen-bond donors (Lipinski definition) is 1. The van der Waals surface area contributed by atoms with Crippen LogP contribution in [0.4, 0.5) is 0 Å². The number of aliphatic imine (C=N–C) groups is 1. The Kier molecular flexibility index (Phi) is 12.8. The molecule has 1 aromatic carbocycles. The van der Waals surface area contributed by atoms with E-state index in [1.165, 1.54) is 49.9 Å². The van der Waals surface area contributed by atoms with E-state index in [4.69, 9.17) is 9.47 Å². The van der Waals surface area contributed by atoms with Crippen molar-refractivity contribution in [3.63, 3.8) is 0 Å². The number of rotatable bonds is 9. The van der Waals surface area contributed by atoms with Crippen molar-refractivity contribution >= 4 is 29.9 Å². The van der Waals surface area contributed by atoms with Crippen molar-refractivity contribution < 1.29 is 9.47 Å². The van der Waals surface area contributed by atoms with Crippen LogP contribution in [0.25, 0.3) is 0 Å². The average molecular weight is 545 g/mol. The zero-order valence-corrected chi connectivity index (χ0v) is 21.7. The van der Waals surface area contributed by atoms with Crippen molar-refractivity contribution in [1.82, 2.24) is 15.1 Å². The predicted molar refractivity (Wildman–Crippen MR) is 138 cm³/mol. The van der Waals surface area contributed by atoms with Crippen LogP contribution in [0.5, 0.6) is 0 Å². The van der Waals surface area contributed by atoms with Crippen molar-refractivity contribution in [3.05, 3.63) is 35.4 Å². The summed E-state index contributed by atoms with van der Waals surface area (Å²) < 4.78 is 10.8. The number of nitrogens with zero attached hydrogens (tertiary/aromatic N) is 3. The summed E-state index contributed by atoms with van der Waals surface area (Å²) in [6, 6.07) is 9.01. The Morgan fingerprint density at radius 1 is 1.10 bits per heavy atom. The zero-order valence-electron chi connectivity index (χ0n) is 19.4. The Hall–Kier alpha value is -0.900. The topological polar surface area (TPSA) is 49.3 Å². The maximum absolute atomic E-state index is 5.72. The fraction of sp³-hybridized carbons (Fsp3) is 0.708. The molecular formula is C24H41IN4O2. The summed E-state index contributed by atoms with van der Waals surface area (Å²) in [6.45, 7) is 8.53. The number of methoxy groups -OCH3 is 1. The lowest BCUT2D eigenvalue weighted by atomic mass is 10.1. The van der Waals surface area contributed by atoms with Crippen LogP contribution in [0.15, 0.2) is 29.3 Å². The van der Waals surface area contributed by atoms with E-state index in [-0.39, 0.29) is 24.0 Å². The minimum Gasteiger partial charge on any atom is -0.382 e. The lowest BCUT2D eigenvalue weighted by molar-refractivity contribution is 0.0536. The van der Waals surface area contributed by atoms with Gasteiger partial charge in [-0.2, -0.15) is 0 Å². The Bertz CT molecular complexity index is 650. The van der Waals surface area contributed by atoms with Crippen LogP contribution in [-0.4, -0.2) is 75.9 Å². The monoisotopic (exact) mass is 544 g/mol. The minimum absolute atomic E-state index is 0. The molecule has 0 aliphatic carbocycles. The molecule has 0 bridgehead atoms. The van der Waals surface area contributed by atoms with Gasteiger partial charge in [0.05, 0.1) is 19.8 Å². The summed E-state index contributed by atoms with van der Waals surface area (Å²) >= 11 is 0. The molecule has 1 unspecified atom stereocenters. The SMILES string of the molecule is CN=C(NCc1cccc(CN2CCCCCC2)c1)N1CCC(COCCOC)C1.I. The van der Waals surface area contributed by atoms with Gasteiger partial charge in [-0.1, -0.05) is 37.1 Å². The molecule has 31 heavy (non-hydrogen) atoms. The van der Waals surface area contributed by atoms with E-state index < -0.39 is 0 Å². The van der Waals surface area contributed by atoms with Gasteiger partial charge in [-0.25, -0.2) is 0 Å². The molecule has 2 aliphatic heterocycles. The standard InChI is InChI=1S/C24H40N4O2.HI/c1-25-24(28-13-10-23(19-28)20-30-15-14-29-2)26-17-21-8-7-9-22(16-21)18-27-11-5-3-4-6-12-27;/h7-9,16,23H,3-6,10-15,17-20H2,1-2H3,(H,25,26);1H. The first-order chi connectivity index (χ1) is 14.8. The summed E-state index contributed by atoms with van der Waals surface area (Å²) in [5.41, 5.74) is 2.74. The third-order valence-electron chi connectivity index (χ3n) is 6.13. The first-order valence-corrected chi connectivity index (χ1v) is 11.6. The number of ether oxygens (including phenoxy) is 2. The van der Waals surface area contributed by atoms with Crippen LogP contribution in [0.2, 0.25) is 0 Å². The van der Waals surface area contributed by atoms with Crippen LogP contribution >= 0.6 is 24.0 Å². The molecular weight excluding hydrogens is 503 g/mol. The molecule has 0 radical (unpaired) electrons.